The minimum atomic E-state index is 0.397. The lowest BCUT2D eigenvalue weighted by Crippen LogP contribution is -2.26. The number of nitrogens with zero attached hydrogens (tertiary/aromatic N) is 3. The highest BCUT2D eigenvalue weighted by Crippen LogP contribution is 2.39. The molecule has 0 spiro atoms. The van der Waals surface area contributed by atoms with E-state index in [9.17, 15) is 0 Å². The molecule has 1 atom stereocenters. The van der Waals surface area contributed by atoms with Gasteiger partial charge in [-0.25, -0.2) is 9.97 Å². The van der Waals surface area contributed by atoms with Gasteiger partial charge < -0.3 is 4.90 Å². The summed E-state index contributed by atoms with van der Waals surface area (Å²) in [6.45, 7) is 4.38. The molecule has 3 nitrogen and oxygen atoms in total. The highest BCUT2D eigenvalue weighted by atomic mass is 35.5. The molecule has 1 unspecified atom stereocenters. The topological polar surface area (TPSA) is 29.0 Å². The summed E-state index contributed by atoms with van der Waals surface area (Å²) in [4.78, 5) is 11.0. The van der Waals surface area contributed by atoms with Gasteiger partial charge in [-0.1, -0.05) is 43.1 Å². The number of rotatable bonds is 3. The molecule has 0 fully saturated rings. The maximum atomic E-state index is 6.28. The molecule has 0 N–H and O–H groups in total. The number of aromatic nitrogens is 2. The predicted molar refractivity (Wildman–Crippen MR) is 82.8 cm³/mol. The van der Waals surface area contributed by atoms with Gasteiger partial charge in [-0.15, -0.1) is 0 Å². The van der Waals surface area contributed by atoms with Crippen molar-refractivity contribution in [2.45, 2.75) is 39.2 Å². The Balaban J connectivity index is 2.12. The van der Waals surface area contributed by atoms with Crippen LogP contribution in [0.1, 0.15) is 31.4 Å². The van der Waals surface area contributed by atoms with Crippen LogP contribution in [0.3, 0.4) is 0 Å². The van der Waals surface area contributed by atoms with Crippen LogP contribution < -0.4 is 4.90 Å². The minimum absolute atomic E-state index is 0.397. The van der Waals surface area contributed by atoms with Gasteiger partial charge in [-0.05, 0) is 31.4 Å². The lowest BCUT2D eigenvalue weighted by atomic mass is 10.1. The van der Waals surface area contributed by atoms with Gasteiger partial charge in [-0.3, -0.25) is 0 Å². The van der Waals surface area contributed by atoms with Gasteiger partial charge in [0, 0.05) is 17.3 Å². The molecule has 1 aliphatic rings. The van der Waals surface area contributed by atoms with Gasteiger partial charge >= 0.3 is 0 Å². The fourth-order valence-electron chi connectivity index (χ4n) is 2.94. The third kappa shape index (κ3) is 2.16. The smallest absolute Gasteiger partial charge is 0.141 e. The van der Waals surface area contributed by atoms with Gasteiger partial charge in [0.05, 0.1) is 0 Å². The normalized spacial score (nSPS) is 17.4. The molecular weight excluding hydrogens is 270 g/mol. The van der Waals surface area contributed by atoms with Crippen molar-refractivity contribution in [3.8, 4) is 0 Å². The average Bonchev–Trinajstić information content (AvgIpc) is 2.77. The van der Waals surface area contributed by atoms with Gasteiger partial charge in [0.1, 0.15) is 17.3 Å². The molecule has 1 aliphatic heterocycles. The zero-order valence-corrected chi connectivity index (χ0v) is 12.6. The molecule has 3 rings (SSSR count). The van der Waals surface area contributed by atoms with E-state index in [1.54, 1.807) is 6.33 Å². The third-order valence-electron chi connectivity index (χ3n) is 3.81. The zero-order chi connectivity index (χ0) is 14.1. The van der Waals surface area contributed by atoms with Crippen LogP contribution in [0.2, 0.25) is 5.15 Å². The molecule has 20 heavy (non-hydrogen) atoms. The van der Waals surface area contributed by atoms with Crippen LogP contribution in [-0.4, -0.2) is 16.0 Å². The first-order chi connectivity index (χ1) is 9.72. The van der Waals surface area contributed by atoms with E-state index in [4.69, 9.17) is 11.6 Å². The molecule has 1 aromatic heterocycles. The second-order valence-electron chi connectivity index (χ2n) is 5.27. The molecular formula is C16H18ClN3. The van der Waals surface area contributed by atoms with Crippen molar-refractivity contribution in [3.63, 3.8) is 0 Å². The maximum absolute atomic E-state index is 6.28. The summed E-state index contributed by atoms with van der Waals surface area (Å²) in [5.74, 6) is 0.962. The summed E-state index contributed by atoms with van der Waals surface area (Å²) in [7, 11) is 0. The van der Waals surface area contributed by atoms with Crippen molar-refractivity contribution in [3.05, 3.63) is 46.9 Å². The Morgan fingerprint density at radius 1 is 1.30 bits per heavy atom. The molecule has 0 saturated heterocycles. The Hall–Kier alpha value is -1.61. The van der Waals surface area contributed by atoms with E-state index < -0.39 is 0 Å². The van der Waals surface area contributed by atoms with Crippen LogP contribution in [0.4, 0.5) is 11.5 Å². The number of benzene rings is 1. The molecule has 104 valence electrons. The maximum Gasteiger partial charge on any atom is 0.141 e. The Bertz CT molecular complexity index is 627. The number of hydrogen-bond donors (Lipinski definition) is 0. The number of fused-ring (bicyclic) bond motifs is 1. The quantitative estimate of drug-likeness (QED) is 0.794. The average molecular weight is 288 g/mol. The van der Waals surface area contributed by atoms with Crippen LogP contribution in [0, 0.1) is 0 Å². The largest absolute Gasteiger partial charge is 0.323 e. The van der Waals surface area contributed by atoms with Crippen molar-refractivity contribution >= 4 is 23.1 Å². The minimum Gasteiger partial charge on any atom is -0.323 e. The molecule has 0 aliphatic carbocycles. The molecule has 1 aromatic carbocycles. The van der Waals surface area contributed by atoms with Crippen LogP contribution >= 0.6 is 11.6 Å². The fourth-order valence-corrected chi connectivity index (χ4v) is 3.17. The van der Waals surface area contributed by atoms with E-state index in [-0.39, 0.29) is 0 Å². The summed E-state index contributed by atoms with van der Waals surface area (Å²) >= 11 is 6.28. The lowest BCUT2D eigenvalue weighted by molar-refractivity contribution is 0.740. The molecule has 4 heteroatoms. The zero-order valence-electron chi connectivity index (χ0n) is 11.8. The second kappa shape index (κ2) is 5.41. The Morgan fingerprint density at radius 3 is 2.90 bits per heavy atom. The number of anilines is 2. The summed E-state index contributed by atoms with van der Waals surface area (Å²) < 4.78 is 0. The monoisotopic (exact) mass is 287 g/mol. The van der Waals surface area contributed by atoms with Crippen molar-refractivity contribution < 1.29 is 0 Å². The Kier molecular flexibility index (Phi) is 3.62. The summed E-state index contributed by atoms with van der Waals surface area (Å²) in [5.41, 5.74) is 3.67. The van der Waals surface area contributed by atoms with E-state index in [0.717, 1.165) is 30.6 Å². The molecule has 2 heterocycles. The van der Waals surface area contributed by atoms with Gasteiger partial charge in [-0.2, -0.15) is 0 Å². The first-order valence-corrected chi connectivity index (χ1v) is 7.46. The van der Waals surface area contributed by atoms with Gasteiger partial charge in [0.15, 0.2) is 0 Å². The van der Waals surface area contributed by atoms with Crippen molar-refractivity contribution in [2.24, 2.45) is 0 Å². The van der Waals surface area contributed by atoms with Crippen molar-refractivity contribution in [1.29, 1.82) is 0 Å². The molecule has 0 amide bonds. The lowest BCUT2D eigenvalue weighted by Gasteiger charge is -2.26. The first kappa shape index (κ1) is 13.4. The number of hydrogen-bond acceptors (Lipinski definition) is 3. The number of halogens is 1. The van der Waals surface area contributed by atoms with E-state index in [2.05, 4.69) is 53.0 Å². The Labute approximate surface area is 124 Å². The predicted octanol–water partition coefficient (Wildman–Crippen LogP) is 4.17. The van der Waals surface area contributed by atoms with E-state index >= 15 is 0 Å². The fraction of sp³-hybridized carbons (Fsp3) is 0.375. The molecule has 2 aromatic rings. The van der Waals surface area contributed by atoms with E-state index in [1.807, 2.05) is 0 Å². The summed E-state index contributed by atoms with van der Waals surface area (Å²) in [6, 6.07) is 8.91. The summed E-state index contributed by atoms with van der Waals surface area (Å²) in [6.07, 6.45) is 4.54. The Morgan fingerprint density at radius 2 is 2.10 bits per heavy atom. The SMILES string of the molecule is CCCc1c(Cl)ncnc1N1c2ccccc2CC1C. The van der Waals surface area contributed by atoms with Crippen LogP contribution in [0.5, 0.6) is 0 Å². The van der Waals surface area contributed by atoms with E-state index in [0.29, 0.717) is 11.2 Å². The van der Waals surface area contributed by atoms with Crippen LogP contribution in [-0.2, 0) is 12.8 Å². The molecule has 0 bridgehead atoms. The number of para-hydroxylation sites is 1. The molecule has 0 radical (unpaired) electrons. The van der Waals surface area contributed by atoms with Crippen LogP contribution in [0.25, 0.3) is 0 Å². The first-order valence-electron chi connectivity index (χ1n) is 7.09. The van der Waals surface area contributed by atoms with Crippen molar-refractivity contribution in [2.75, 3.05) is 4.90 Å². The van der Waals surface area contributed by atoms with E-state index in [1.165, 1.54) is 11.3 Å². The standard InChI is InChI=1S/C16H18ClN3/c1-3-6-13-15(17)18-10-19-16(13)20-11(2)9-12-7-4-5-8-14(12)20/h4-5,7-8,10-11H,3,6,9H2,1-2H3. The summed E-state index contributed by atoms with van der Waals surface area (Å²) in [5, 5.41) is 0.577. The third-order valence-corrected chi connectivity index (χ3v) is 4.13. The second-order valence-corrected chi connectivity index (χ2v) is 5.63. The van der Waals surface area contributed by atoms with Gasteiger partial charge in [0.2, 0.25) is 0 Å². The van der Waals surface area contributed by atoms with Gasteiger partial charge in [0.25, 0.3) is 0 Å². The highest BCUT2D eigenvalue weighted by Gasteiger charge is 2.29. The molecule has 0 saturated carbocycles. The van der Waals surface area contributed by atoms with Crippen LogP contribution in [0.15, 0.2) is 30.6 Å². The highest BCUT2D eigenvalue weighted by molar-refractivity contribution is 6.30. The van der Waals surface area contributed by atoms with Crippen molar-refractivity contribution in [1.82, 2.24) is 9.97 Å².